The number of hydrogen-bond donors (Lipinski definition) is 1. The normalized spacial score (nSPS) is 11.4. The number of carbonyl (C=O) groups excluding carboxylic acids is 2. The summed E-state index contributed by atoms with van der Waals surface area (Å²) in [6, 6.07) is 7.90. The number of hydrogen-bond acceptors (Lipinski definition) is 6. The number of carbonyl (C=O) groups is 2. The van der Waals surface area contributed by atoms with E-state index < -0.39 is 28.4 Å². The van der Waals surface area contributed by atoms with Crippen molar-refractivity contribution in [1.82, 2.24) is 4.31 Å². The maximum absolute atomic E-state index is 12.6. The number of thiophene rings is 1. The van der Waals surface area contributed by atoms with E-state index in [-0.39, 0.29) is 9.77 Å². The molecule has 0 aliphatic heterocycles. The first-order valence-electron chi connectivity index (χ1n) is 6.94. The lowest BCUT2D eigenvalue weighted by Gasteiger charge is -2.17. The minimum Gasteiger partial charge on any atom is -0.465 e. The molecular formula is C15H15ClN2O5S2. The van der Waals surface area contributed by atoms with Gasteiger partial charge in [0, 0.05) is 7.05 Å². The number of nitrogens with one attached hydrogen (secondary N) is 1. The highest BCUT2D eigenvalue weighted by atomic mass is 35.5. The van der Waals surface area contributed by atoms with Crippen LogP contribution in [0.25, 0.3) is 0 Å². The van der Waals surface area contributed by atoms with E-state index in [0.717, 1.165) is 15.6 Å². The number of nitrogens with zero attached hydrogens (tertiary/aromatic N) is 1. The zero-order valence-corrected chi connectivity index (χ0v) is 15.7. The van der Waals surface area contributed by atoms with Crippen molar-refractivity contribution in [3.8, 4) is 0 Å². The lowest BCUT2D eigenvalue weighted by Crippen LogP contribution is -2.35. The molecule has 1 aromatic carbocycles. The van der Waals surface area contributed by atoms with Crippen LogP contribution < -0.4 is 5.32 Å². The van der Waals surface area contributed by atoms with E-state index in [2.05, 4.69) is 10.1 Å². The fourth-order valence-electron chi connectivity index (χ4n) is 1.95. The number of sulfonamides is 1. The van der Waals surface area contributed by atoms with Crippen LogP contribution in [0.5, 0.6) is 0 Å². The standard InChI is InChI=1S/C15H15ClN2O5S2/c1-18(9-13(19)17-11-6-4-3-5-10(11)16)25(21,22)12-7-8-24-14(12)15(20)23-2/h3-8H,9H2,1-2H3,(H,17,19). The van der Waals surface area contributed by atoms with Crippen molar-refractivity contribution in [3.63, 3.8) is 0 Å². The third-order valence-corrected chi connectivity index (χ3v) is 6.40. The van der Waals surface area contributed by atoms with Crippen LogP contribution in [0.15, 0.2) is 40.6 Å². The van der Waals surface area contributed by atoms with E-state index in [0.29, 0.717) is 10.7 Å². The topological polar surface area (TPSA) is 92.8 Å². The van der Waals surface area contributed by atoms with Crippen molar-refractivity contribution in [3.05, 3.63) is 45.6 Å². The summed E-state index contributed by atoms with van der Waals surface area (Å²) < 4.78 is 30.6. The van der Waals surface area contributed by atoms with Crippen LogP contribution in [0, 0.1) is 0 Å². The Bertz CT molecular complexity index is 895. The average molecular weight is 403 g/mol. The molecule has 25 heavy (non-hydrogen) atoms. The van der Waals surface area contributed by atoms with Gasteiger partial charge in [-0.15, -0.1) is 11.3 Å². The summed E-state index contributed by atoms with van der Waals surface area (Å²) in [5.41, 5.74) is 0.380. The molecule has 2 rings (SSSR count). The van der Waals surface area contributed by atoms with Crippen LogP contribution in [-0.4, -0.2) is 45.3 Å². The van der Waals surface area contributed by atoms with Gasteiger partial charge in [-0.3, -0.25) is 4.79 Å². The van der Waals surface area contributed by atoms with E-state index in [4.69, 9.17) is 11.6 Å². The van der Waals surface area contributed by atoms with Crippen molar-refractivity contribution in [1.29, 1.82) is 0 Å². The molecule has 10 heteroatoms. The van der Waals surface area contributed by atoms with Crippen LogP contribution in [0.1, 0.15) is 9.67 Å². The molecule has 1 N–H and O–H groups in total. The molecular weight excluding hydrogens is 388 g/mol. The van der Waals surface area contributed by atoms with Crippen LogP contribution in [0.4, 0.5) is 5.69 Å². The molecule has 0 saturated heterocycles. The molecule has 0 aliphatic rings. The van der Waals surface area contributed by atoms with E-state index in [1.807, 2.05) is 0 Å². The molecule has 0 aliphatic carbocycles. The molecule has 7 nitrogen and oxygen atoms in total. The van der Waals surface area contributed by atoms with Gasteiger partial charge < -0.3 is 10.1 Å². The zero-order chi connectivity index (χ0) is 18.6. The number of methoxy groups -OCH3 is 1. The smallest absolute Gasteiger partial charge is 0.349 e. The molecule has 1 heterocycles. The molecule has 0 radical (unpaired) electrons. The maximum atomic E-state index is 12.6. The Hall–Kier alpha value is -1.94. The first-order valence-corrected chi connectivity index (χ1v) is 9.63. The molecule has 0 unspecified atom stereocenters. The molecule has 1 amide bonds. The molecule has 0 atom stereocenters. The van der Waals surface area contributed by atoms with E-state index in [1.54, 1.807) is 24.3 Å². The van der Waals surface area contributed by atoms with Crippen LogP contribution >= 0.6 is 22.9 Å². The Morgan fingerprint density at radius 1 is 1.28 bits per heavy atom. The van der Waals surface area contributed by atoms with Gasteiger partial charge in [-0.1, -0.05) is 23.7 Å². The first-order chi connectivity index (χ1) is 11.8. The number of likely N-dealkylation sites (N-methyl/N-ethyl adjacent to an activating group) is 1. The van der Waals surface area contributed by atoms with Crippen LogP contribution in [0.3, 0.4) is 0 Å². The second kappa shape index (κ2) is 7.96. The zero-order valence-electron chi connectivity index (χ0n) is 13.4. The SMILES string of the molecule is COC(=O)c1sccc1S(=O)(=O)N(C)CC(=O)Nc1ccccc1Cl. The second-order valence-corrected chi connectivity index (χ2v) is 8.23. The summed E-state index contributed by atoms with van der Waals surface area (Å²) in [5.74, 6) is -1.31. The number of benzene rings is 1. The minimum absolute atomic E-state index is 0.0409. The fraction of sp³-hybridized carbons (Fsp3) is 0.200. The van der Waals surface area contributed by atoms with Gasteiger partial charge in [0.2, 0.25) is 15.9 Å². The van der Waals surface area contributed by atoms with E-state index in [9.17, 15) is 18.0 Å². The van der Waals surface area contributed by atoms with Gasteiger partial charge in [0.25, 0.3) is 0 Å². The van der Waals surface area contributed by atoms with Gasteiger partial charge in [-0.2, -0.15) is 4.31 Å². The van der Waals surface area contributed by atoms with Crippen LogP contribution in [-0.2, 0) is 19.6 Å². The number of amides is 1. The largest absolute Gasteiger partial charge is 0.465 e. The minimum atomic E-state index is -4.03. The lowest BCUT2D eigenvalue weighted by atomic mass is 10.3. The summed E-state index contributed by atoms with van der Waals surface area (Å²) in [6.45, 7) is -0.440. The summed E-state index contributed by atoms with van der Waals surface area (Å²) >= 11 is 6.90. The molecule has 2 aromatic rings. The fourth-order valence-corrected chi connectivity index (χ4v) is 4.56. The highest BCUT2D eigenvalue weighted by molar-refractivity contribution is 7.89. The molecule has 0 saturated carbocycles. The number of halogens is 1. The maximum Gasteiger partial charge on any atom is 0.349 e. The first kappa shape index (κ1) is 19.4. The highest BCUT2D eigenvalue weighted by Crippen LogP contribution is 2.25. The Morgan fingerprint density at radius 2 is 1.96 bits per heavy atom. The lowest BCUT2D eigenvalue weighted by molar-refractivity contribution is -0.116. The second-order valence-electron chi connectivity index (χ2n) is 4.89. The van der Waals surface area contributed by atoms with Crippen molar-refractivity contribution in [2.75, 3.05) is 26.0 Å². The summed E-state index contributed by atoms with van der Waals surface area (Å²) in [6.07, 6.45) is 0. The number of ether oxygens (including phenoxy) is 1. The number of rotatable bonds is 6. The Morgan fingerprint density at radius 3 is 2.60 bits per heavy atom. The highest BCUT2D eigenvalue weighted by Gasteiger charge is 2.29. The third kappa shape index (κ3) is 4.37. The van der Waals surface area contributed by atoms with Crippen molar-refractivity contribution >= 4 is 50.5 Å². The van der Waals surface area contributed by atoms with Gasteiger partial charge in [0.05, 0.1) is 24.4 Å². The van der Waals surface area contributed by atoms with Gasteiger partial charge in [-0.25, -0.2) is 13.2 Å². The Kier molecular flexibility index (Phi) is 6.17. The van der Waals surface area contributed by atoms with Crippen molar-refractivity contribution < 1.29 is 22.7 Å². The number of anilines is 1. The van der Waals surface area contributed by atoms with Gasteiger partial charge in [0.1, 0.15) is 9.77 Å². The number of para-hydroxylation sites is 1. The summed E-state index contributed by atoms with van der Waals surface area (Å²) in [5, 5.41) is 4.35. The molecule has 1 aromatic heterocycles. The van der Waals surface area contributed by atoms with Gasteiger partial charge in [-0.05, 0) is 23.6 Å². The van der Waals surface area contributed by atoms with Crippen molar-refractivity contribution in [2.45, 2.75) is 4.90 Å². The third-order valence-electron chi connectivity index (χ3n) is 3.20. The monoisotopic (exact) mass is 402 g/mol. The predicted octanol–water partition coefficient (Wildman–Crippen LogP) is 2.45. The Labute approximate surface area is 154 Å². The quantitative estimate of drug-likeness (QED) is 0.749. The molecule has 0 spiro atoms. The van der Waals surface area contributed by atoms with Gasteiger partial charge >= 0.3 is 5.97 Å². The Balaban J connectivity index is 2.15. The van der Waals surface area contributed by atoms with Crippen molar-refractivity contribution in [2.24, 2.45) is 0 Å². The van der Waals surface area contributed by atoms with Crippen LogP contribution in [0.2, 0.25) is 5.02 Å². The molecule has 0 fully saturated rings. The van der Waals surface area contributed by atoms with E-state index >= 15 is 0 Å². The van der Waals surface area contributed by atoms with E-state index in [1.165, 1.54) is 25.6 Å². The molecule has 0 bridgehead atoms. The average Bonchev–Trinajstić information content (AvgIpc) is 3.06. The summed E-state index contributed by atoms with van der Waals surface area (Å²) in [7, 11) is -1.61. The summed E-state index contributed by atoms with van der Waals surface area (Å²) in [4.78, 5) is 23.5. The molecule has 134 valence electrons. The predicted molar refractivity (Wildman–Crippen MR) is 95.6 cm³/mol. The van der Waals surface area contributed by atoms with Gasteiger partial charge in [0.15, 0.2) is 0 Å². The number of esters is 1.